The molecule has 1 aromatic carbocycles. The molecule has 140 valence electrons. The fourth-order valence-electron chi connectivity index (χ4n) is 3.45. The lowest BCUT2D eigenvalue weighted by Gasteiger charge is -2.14. The molecule has 6 nitrogen and oxygen atoms in total. The van der Waals surface area contributed by atoms with E-state index in [4.69, 9.17) is 0 Å². The molecule has 27 heavy (non-hydrogen) atoms. The number of fused-ring (bicyclic) bond motifs is 1. The first-order valence-corrected chi connectivity index (χ1v) is 9.04. The first-order valence-electron chi connectivity index (χ1n) is 9.04. The van der Waals surface area contributed by atoms with E-state index in [1.807, 2.05) is 47.8 Å². The summed E-state index contributed by atoms with van der Waals surface area (Å²) in [4.78, 5) is 22.7. The van der Waals surface area contributed by atoms with Gasteiger partial charge in [0.05, 0.1) is 18.4 Å². The number of carbonyl (C=O) groups excluding carboxylic acids is 1. The largest absolute Gasteiger partial charge is 0.331 e. The summed E-state index contributed by atoms with van der Waals surface area (Å²) in [5.74, 6) is 1.28. The molecule has 0 radical (unpaired) electrons. The van der Waals surface area contributed by atoms with Crippen LogP contribution < -0.4 is 5.32 Å². The number of alkyl halides is 1. The zero-order chi connectivity index (χ0) is 19.0. The zero-order valence-corrected chi connectivity index (χ0v) is 15.4. The summed E-state index contributed by atoms with van der Waals surface area (Å²) in [5.41, 5.74) is 2.09. The summed E-state index contributed by atoms with van der Waals surface area (Å²) in [5, 5.41) is 4.80. The Balaban J connectivity index is 1.54. The van der Waals surface area contributed by atoms with E-state index in [2.05, 4.69) is 21.4 Å². The van der Waals surface area contributed by atoms with Gasteiger partial charge in [0.25, 0.3) is 0 Å². The summed E-state index contributed by atoms with van der Waals surface area (Å²) in [6.45, 7) is 3.10. The molecule has 1 fully saturated rings. The Morgan fingerprint density at radius 3 is 2.81 bits per heavy atom. The van der Waals surface area contributed by atoms with Gasteiger partial charge in [0, 0.05) is 37.3 Å². The van der Waals surface area contributed by atoms with Crippen LogP contribution in [0, 0.1) is 6.92 Å². The number of amides is 1. The molecular weight excluding hydrogens is 345 g/mol. The van der Waals surface area contributed by atoms with Crippen molar-refractivity contribution < 1.29 is 9.18 Å². The van der Waals surface area contributed by atoms with Gasteiger partial charge in [-0.15, -0.1) is 0 Å². The van der Waals surface area contributed by atoms with Crippen molar-refractivity contribution in [1.82, 2.24) is 19.4 Å². The Labute approximate surface area is 157 Å². The van der Waals surface area contributed by atoms with Crippen LogP contribution in [-0.4, -0.2) is 51.1 Å². The molecule has 1 atom stereocenters. The van der Waals surface area contributed by atoms with Crippen LogP contribution in [0.2, 0.25) is 0 Å². The molecular formula is C20H22FN5O. The van der Waals surface area contributed by atoms with Gasteiger partial charge in [-0.3, -0.25) is 9.69 Å². The number of rotatable bonds is 4. The number of halogens is 1. The molecule has 1 amide bonds. The van der Waals surface area contributed by atoms with Gasteiger partial charge in [0.1, 0.15) is 17.8 Å². The van der Waals surface area contributed by atoms with E-state index < -0.39 is 6.17 Å². The minimum Gasteiger partial charge on any atom is -0.331 e. The Bertz CT molecular complexity index is 999. The average Bonchev–Trinajstić information content (AvgIpc) is 3.20. The highest BCUT2D eigenvalue weighted by atomic mass is 19.1. The van der Waals surface area contributed by atoms with Crippen LogP contribution in [-0.2, 0) is 11.8 Å². The van der Waals surface area contributed by atoms with Crippen LogP contribution in [0.15, 0.2) is 36.7 Å². The third kappa shape index (κ3) is 3.68. The molecule has 0 unspecified atom stereocenters. The maximum absolute atomic E-state index is 13.2. The van der Waals surface area contributed by atoms with Crippen LogP contribution >= 0.6 is 0 Å². The molecule has 0 bridgehead atoms. The lowest BCUT2D eigenvalue weighted by molar-refractivity contribution is -0.117. The topological polar surface area (TPSA) is 63.1 Å². The number of anilines is 1. The highest BCUT2D eigenvalue weighted by Crippen LogP contribution is 2.25. The molecule has 1 aliphatic heterocycles. The highest BCUT2D eigenvalue weighted by Gasteiger charge is 2.23. The number of nitrogens with zero attached hydrogens (tertiary/aromatic N) is 4. The van der Waals surface area contributed by atoms with E-state index >= 15 is 0 Å². The summed E-state index contributed by atoms with van der Waals surface area (Å²) < 4.78 is 15.3. The van der Waals surface area contributed by atoms with E-state index in [1.165, 1.54) is 0 Å². The van der Waals surface area contributed by atoms with Gasteiger partial charge in [-0.05, 0) is 30.9 Å². The first-order chi connectivity index (χ1) is 13.0. The molecule has 4 rings (SSSR count). The number of nitrogens with one attached hydrogen (secondary N) is 1. The van der Waals surface area contributed by atoms with Crippen molar-refractivity contribution in [3.8, 4) is 11.3 Å². The third-order valence-corrected chi connectivity index (χ3v) is 5.09. The van der Waals surface area contributed by atoms with Gasteiger partial charge in [0.2, 0.25) is 5.91 Å². The predicted octanol–water partition coefficient (Wildman–Crippen LogP) is 2.93. The smallest absolute Gasteiger partial charge is 0.239 e. The van der Waals surface area contributed by atoms with Crippen LogP contribution in [0.5, 0.6) is 0 Å². The number of aromatic nitrogens is 3. The number of imidazole rings is 1. The van der Waals surface area contributed by atoms with Crippen LogP contribution in [0.25, 0.3) is 22.0 Å². The van der Waals surface area contributed by atoms with Gasteiger partial charge in [-0.1, -0.05) is 12.1 Å². The van der Waals surface area contributed by atoms with E-state index in [-0.39, 0.29) is 12.5 Å². The van der Waals surface area contributed by atoms with Crippen molar-refractivity contribution >= 4 is 22.5 Å². The standard InChI is InChI=1S/C20H22FN5O/c1-13-22-10-18(25(13)2)14-3-4-15-9-23-19(8-16(15)7-14)24-20(27)12-26-6-5-17(21)11-26/h3-4,7-10,17H,5-6,11-12H2,1-2H3,(H,23,24,27)/t17-/m1/s1. The SMILES string of the molecule is Cc1ncc(-c2ccc3cnc(NC(=O)CN4CC[C@@H](F)C4)cc3c2)n1C. The third-order valence-electron chi connectivity index (χ3n) is 5.09. The van der Waals surface area contributed by atoms with E-state index in [9.17, 15) is 9.18 Å². The van der Waals surface area contributed by atoms with Crippen molar-refractivity contribution in [3.63, 3.8) is 0 Å². The second kappa shape index (κ2) is 7.08. The number of carbonyl (C=O) groups is 1. The summed E-state index contributed by atoms with van der Waals surface area (Å²) >= 11 is 0. The molecule has 2 aromatic heterocycles. The summed E-state index contributed by atoms with van der Waals surface area (Å²) in [6, 6.07) is 7.98. The quantitative estimate of drug-likeness (QED) is 0.770. The molecule has 1 aliphatic rings. The van der Waals surface area contributed by atoms with Gasteiger partial charge >= 0.3 is 0 Å². The fraction of sp³-hybridized carbons (Fsp3) is 0.350. The molecule has 1 N–H and O–H groups in total. The Morgan fingerprint density at radius 2 is 2.11 bits per heavy atom. The van der Waals surface area contributed by atoms with Crippen molar-refractivity contribution in [2.45, 2.75) is 19.5 Å². The molecule has 0 saturated carbocycles. The molecule has 0 spiro atoms. The lowest BCUT2D eigenvalue weighted by Crippen LogP contribution is -2.32. The van der Waals surface area contributed by atoms with Gasteiger partial charge in [-0.25, -0.2) is 14.4 Å². The summed E-state index contributed by atoms with van der Waals surface area (Å²) in [6.07, 6.45) is 3.27. The van der Waals surface area contributed by atoms with Gasteiger partial charge in [-0.2, -0.15) is 0 Å². The molecule has 3 heterocycles. The minimum atomic E-state index is -0.828. The van der Waals surface area contributed by atoms with E-state index in [0.29, 0.717) is 25.3 Å². The van der Waals surface area contributed by atoms with Crippen LogP contribution in [0.3, 0.4) is 0 Å². The highest BCUT2D eigenvalue weighted by molar-refractivity contribution is 5.94. The average molecular weight is 367 g/mol. The summed E-state index contributed by atoms with van der Waals surface area (Å²) in [7, 11) is 1.99. The van der Waals surface area contributed by atoms with Crippen LogP contribution in [0.4, 0.5) is 10.2 Å². The molecule has 7 heteroatoms. The van der Waals surface area contributed by atoms with Crippen molar-refractivity contribution in [1.29, 1.82) is 0 Å². The molecule has 3 aromatic rings. The fourth-order valence-corrected chi connectivity index (χ4v) is 3.45. The lowest BCUT2D eigenvalue weighted by atomic mass is 10.1. The Kier molecular flexibility index (Phi) is 4.61. The zero-order valence-electron chi connectivity index (χ0n) is 15.4. The van der Waals surface area contributed by atoms with Gasteiger partial charge in [0.15, 0.2) is 0 Å². The Morgan fingerprint density at radius 1 is 1.26 bits per heavy atom. The molecule has 0 aliphatic carbocycles. The number of pyridine rings is 1. The second-order valence-electron chi connectivity index (χ2n) is 7.05. The normalized spacial score (nSPS) is 17.5. The second-order valence-corrected chi connectivity index (χ2v) is 7.05. The minimum absolute atomic E-state index is 0.172. The number of hydrogen-bond acceptors (Lipinski definition) is 4. The molecule has 1 saturated heterocycles. The predicted molar refractivity (Wildman–Crippen MR) is 103 cm³/mol. The van der Waals surface area contributed by atoms with Gasteiger partial charge < -0.3 is 9.88 Å². The first kappa shape index (κ1) is 17.6. The monoisotopic (exact) mass is 367 g/mol. The number of benzene rings is 1. The van der Waals surface area contributed by atoms with Crippen molar-refractivity contribution in [2.24, 2.45) is 7.05 Å². The van der Waals surface area contributed by atoms with Crippen LogP contribution in [0.1, 0.15) is 12.2 Å². The number of likely N-dealkylation sites (tertiary alicyclic amines) is 1. The number of hydrogen-bond donors (Lipinski definition) is 1. The Hall–Kier alpha value is -2.80. The van der Waals surface area contributed by atoms with E-state index in [0.717, 1.165) is 27.9 Å². The van der Waals surface area contributed by atoms with Crippen molar-refractivity contribution in [2.75, 3.05) is 25.0 Å². The van der Waals surface area contributed by atoms with Crippen molar-refractivity contribution in [3.05, 3.63) is 42.5 Å². The maximum Gasteiger partial charge on any atom is 0.239 e. The van der Waals surface area contributed by atoms with E-state index in [1.54, 1.807) is 6.20 Å². The maximum atomic E-state index is 13.2. The number of aryl methyl sites for hydroxylation is 1.